The number of hydrogen-bond donors (Lipinski definition) is 2. The number of rotatable bonds is 4. The Morgan fingerprint density at radius 3 is 2.73 bits per heavy atom. The lowest BCUT2D eigenvalue weighted by molar-refractivity contribution is 0.0822. The van der Waals surface area contributed by atoms with Gasteiger partial charge in [-0.1, -0.05) is 54.6 Å². The van der Waals surface area contributed by atoms with Crippen LogP contribution < -0.4 is 0 Å². The first-order chi connectivity index (χ1) is 16.1. The Bertz CT molecular complexity index is 1300. The predicted octanol–water partition coefficient (Wildman–Crippen LogP) is 6.24. The molecular formula is C29H29BrN2O. The van der Waals surface area contributed by atoms with E-state index in [4.69, 9.17) is 0 Å². The summed E-state index contributed by atoms with van der Waals surface area (Å²) in [7, 11) is 0. The number of hydrogen-bond acceptors (Lipinski definition) is 2. The molecule has 6 rings (SSSR count). The molecule has 0 bridgehead atoms. The van der Waals surface area contributed by atoms with Gasteiger partial charge in [0, 0.05) is 34.1 Å². The molecule has 4 heteroatoms. The molecule has 1 fully saturated rings. The minimum absolute atomic E-state index is 0.0579. The number of aromatic hydroxyl groups is 1. The Kier molecular flexibility index (Phi) is 5.31. The summed E-state index contributed by atoms with van der Waals surface area (Å²) in [5, 5.41) is 11.7. The summed E-state index contributed by atoms with van der Waals surface area (Å²) in [6.45, 7) is 3.30. The third kappa shape index (κ3) is 3.70. The third-order valence-electron chi connectivity index (χ3n) is 8.04. The van der Waals surface area contributed by atoms with Crippen molar-refractivity contribution in [2.75, 3.05) is 19.6 Å². The quantitative estimate of drug-likeness (QED) is 0.348. The van der Waals surface area contributed by atoms with Crippen molar-refractivity contribution in [1.82, 2.24) is 9.88 Å². The van der Waals surface area contributed by atoms with Gasteiger partial charge >= 0.3 is 0 Å². The van der Waals surface area contributed by atoms with E-state index in [2.05, 4.69) is 80.4 Å². The van der Waals surface area contributed by atoms with Crippen molar-refractivity contribution in [2.45, 2.75) is 31.1 Å². The van der Waals surface area contributed by atoms with Crippen LogP contribution in [-0.2, 0) is 24.7 Å². The second kappa shape index (κ2) is 8.34. The van der Waals surface area contributed by atoms with Crippen LogP contribution in [0.4, 0.5) is 0 Å². The van der Waals surface area contributed by atoms with Gasteiger partial charge in [0.05, 0.1) is 5.52 Å². The molecule has 2 heterocycles. The van der Waals surface area contributed by atoms with Crippen molar-refractivity contribution in [1.29, 1.82) is 0 Å². The van der Waals surface area contributed by atoms with E-state index in [0.29, 0.717) is 11.7 Å². The first kappa shape index (κ1) is 21.0. The molecular weight excluding hydrogens is 472 g/mol. The second-order valence-corrected chi connectivity index (χ2v) is 10.7. The molecule has 33 heavy (non-hydrogen) atoms. The van der Waals surface area contributed by atoms with E-state index in [-0.39, 0.29) is 5.41 Å². The third-order valence-corrected chi connectivity index (χ3v) is 8.70. The summed E-state index contributed by atoms with van der Waals surface area (Å²) in [6.07, 6.45) is 4.29. The summed E-state index contributed by atoms with van der Waals surface area (Å²) >= 11 is 3.75. The van der Waals surface area contributed by atoms with E-state index in [1.54, 1.807) is 6.07 Å². The highest BCUT2D eigenvalue weighted by Gasteiger charge is 2.48. The average molecular weight is 501 g/mol. The van der Waals surface area contributed by atoms with E-state index in [1.807, 2.05) is 12.1 Å². The topological polar surface area (TPSA) is 39.3 Å². The monoisotopic (exact) mass is 500 g/mol. The van der Waals surface area contributed by atoms with Crippen LogP contribution in [0.5, 0.6) is 5.75 Å². The number of nitrogens with zero attached hydrogens (tertiary/aromatic N) is 1. The van der Waals surface area contributed by atoms with Crippen molar-refractivity contribution in [3.63, 3.8) is 0 Å². The molecule has 2 unspecified atom stereocenters. The number of benzene rings is 3. The number of aromatic amines is 1. The highest BCUT2D eigenvalue weighted by Crippen LogP contribution is 2.50. The molecule has 3 nitrogen and oxygen atoms in total. The maximum absolute atomic E-state index is 10.3. The first-order valence-corrected chi connectivity index (χ1v) is 12.8. The molecule has 0 spiro atoms. The summed E-state index contributed by atoms with van der Waals surface area (Å²) < 4.78 is 1.13. The van der Waals surface area contributed by atoms with Gasteiger partial charge in [0.15, 0.2) is 0 Å². The maximum atomic E-state index is 10.3. The van der Waals surface area contributed by atoms with Crippen LogP contribution in [0.2, 0.25) is 0 Å². The molecule has 2 N–H and O–H groups in total. The van der Waals surface area contributed by atoms with E-state index >= 15 is 0 Å². The Morgan fingerprint density at radius 2 is 1.88 bits per heavy atom. The van der Waals surface area contributed by atoms with Gasteiger partial charge in [-0.15, -0.1) is 0 Å². The van der Waals surface area contributed by atoms with Crippen molar-refractivity contribution < 1.29 is 5.11 Å². The van der Waals surface area contributed by atoms with Gasteiger partial charge in [-0.25, -0.2) is 0 Å². The SMILES string of the molecule is Oc1cccc(C23CCN(CCc4ccccc4)CC2Cc2c([nH]c4c(Br)cccc24)C3)c1. The van der Waals surface area contributed by atoms with E-state index < -0.39 is 0 Å². The number of piperidine rings is 1. The van der Waals surface area contributed by atoms with Crippen LogP contribution in [0.3, 0.4) is 0 Å². The van der Waals surface area contributed by atoms with Gasteiger partial charge in [-0.05, 0) is 89.0 Å². The second-order valence-electron chi connectivity index (χ2n) is 9.82. The minimum Gasteiger partial charge on any atom is -0.508 e. The highest BCUT2D eigenvalue weighted by molar-refractivity contribution is 9.10. The zero-order valence-corrected chi connectivity index (χ0v) is 20.3. The van der Waals surface area contributed by atoms with Crippen LogP contribution >= 0.6 is 15.9 Å². The van der Waals surface area contributed by atoms with Crippen molar-refractivity contribution in [3.05, 3.63) is 99.7 Å². The van der Waals surface area contributed by atoms with Crippen molar-refractivity contribution >= 4 is 26.8 Å². The molecule has 1 saturated heterocycles. The fraction of sp³-hybridized carbons (Fsp3) is 0.310. The van der Waals surface area contributed by atoms with Crippen LogP contribution in [-0.4, -0.2) is 34.6 Å². The highest BCUT2D eigenvalue weighted by atomic mass is 79.9. The summed E-state index contributed by atoms with van der Waals surface area (Å²) in [4.78, 5) is 6.42. The number of phenols is 1. The lowest BCUT2D eigenvalue weighted by Gasteiger charge is -2.51. The largest absolute Gasteiger partial charge is 0.508 e. The minimum atomic E-state index is 0.0579. The molecule has 1 aromatic heterocycles. The van der Waals surface area contributed by atoms with E-state index in [9.17, 15) is 5.11 Å². The first-order valence-electron chi connectivity index (χ1n) is 12.0. The van der Waals surface area contributed by atoms with Gasteiger partial charge < -0.3 is 15.0 Å². The van der Waals surface area contributed by atoms with Gasteiger partial charge in [-0.2, -0.15) is 0 Å². The average Bonchev–Trinajstić information content (AvgIpc) is 3.20. The fourth-order valence-electron chi connectivity index (χ4n) is 6.30. The lowest BCUT2D eigenvalue weighted by atomic mass is 9.58. The normalized spacial score (nSPS) is 22.8. The summed E-state index contributed by atoms with van der Waals surface area (Å²) in [5.41, 5.74) is 6.83. The molecule has 0 radical (unpaired) electrons. The maximum Gasteiger partial charge on any atom is 0.115 e. The predicted molar refractivity (Wildman–Crippen MR) is 138 cm³/mol. The number of nitrogens with one attached hydrogen (secondary N) is 1. The van der Waals surface area contributed by atoms with Crippen LogP contribution in [0.1, 0.15) is 28.8 Å². The van der Waals surface area contributed by atoms with E-state index in [1.165, 1.54) is 33.3 Å². The summed E-state index contributed by atoms with van der Waals surface area (Å²) in [5.74, 6) is 0.895. The van der Waals surface area contributed by atoms with Gasteiger partial charge in [0.1, 0.15) is 5.75 Å². The fourth-order valence-corrected chi connectivity index (χ4v) is 6.77. The van der Waals surface area contributed by atoms with Gasteiger partial charge in [0.2, 0.25) is 0 Å². The standard InChI is InChI=1S/C29H29BrN2O/c30-26-11-5-10-24-25-17-22-19-32(14-12-20-6-2-1-3-7-20)15-13-29(22,18-27(25)31-28(24)26)21-8-4-9-23(33)16-21/h1-11,16,22,31,33H,12-15,17-19H2. The van der Waals surface area contributed by atoms with Crippen LogP contribution in [0, 0.1) is 5.92 Å². The molecule has 3 aromatic carbocycles. The number of phenolic OH excluding ortho intramolecular Hbond substituents is 1. The molecule has 0 saturated carbocycles. The smallest absolute Gasteiger partial charge is 0.115 e. The van der Waals surface area contributed by atoms with Gasteiger partial charge in [-0.3, -0.25) is 0 Å². The molecule has 0 amide bonds. The molecule has 1 aliphatic carbocycles. The number of fused-ring (bicyclic) bond motifs is 4. The lowest BCUT2D eigenvalue weighted by Crippen LogP contribution is -2.54. The number of para-hydroxylation sites is 1. The number of halogens is 1. The van der Waals surface area contributed by atoms with Crippen molar-refractivity contribution in [2.24, 2.45) is 5.92 Å². The van der Waals surface area contributed by atoms with Crippen LogP contribution in [0.15, 0.2) is 77.3 Å². The van der Waals surface area contributed by atoms with E-state index in [0.717, 1.165) is 49.8 Å². The molecule has 168 valence electrons. The zero-order chi connectivity index (χ0) is 22.4. The Balaban J connectivity index is 1.36. The molecule has 1 aliphatic heterocycles. The Hall–Kier alpha value is -2.56. The number of aromatic nitrogens is 1. The van der Waals surface area contributed by atoms with Crippen molar-refractivity contribution in [3.8, 4) is 5.75 Å². The summed E-state index contributed by atoms with van der Waals surface area (Å²) in [6, 6.07) is 25.4. The van der Waals surface area contributed by atoms with Crippen LogP contribution in [0.25, 0.3) is 10.9 Å². The Morgan fingerprint density at radius 1 is 1.03 bits per heavy atom. The number of likely N-dealkylation sites (tertiary alicyclic amines) is 1. The number of H-pyrrole nitrogens is 1. The molecule has 2 aliphatic rings. The molecule has 2 atom stereocenters. The van der Waals surface area contributed by atoms with Gasteiger partial charge in [0.25, 0.3) is 0 Å². The Labute approximate surface area is 203 Å². The molecule has 4 aromatic rings. The zero-order valence-electron chi connectivity index (χ0n) is 18.7.